The van der Waals surface area contributed by atoms with E-state index in [4.69, 9.17) is 11.6 Å². The Hall–Kier alpha value is -1.00. The molecular formula is C9H6ClFN2S. The highest BCUT2D eigenvalue weighted by Crippen LogP contribution is 2.29. The standard InChI is InChI=1S/C9H6ClFN2S/c1-5-3-2-4-6(7(5)11)8-12-13-9(10)14-8/h2-4H,1H3. The predicted molar refractivity (Wildman–Crippen MR) is 55.1 cm³/mol. The second kappa shape index (κ2) is 3.63. The van der Waals surface area contributed by atoms with Gasteiger partial charge in [-0.05, 0) is 30.2 Å². The third-order valence-corrected chi connectivity index (χ3v) is 2.87. The van der Waals surface area contributed by atoms with E-state index in [9.17, 15) is 4.39 Å². The minimum absolute atomic E-state index is 0.264. The zero-order valence-electron chi connectivity index (χ0n) is 7.29. The summed E-state index contributed by atoms with van der Waals surface area (Å²) in [5, 5.41) is 7.93. The second-order valence-corrected chi connectivity index (χ2v) is 4.36. The normalized spacial score (nSPS) is 10.5. The number of aryl methyl sites for hydroxylation is 1. The summed E-state index contributed by atoms with van der Waals surface area (Å²) in [5.74, 6) is -0.264. The lowest BCUT2D eigenvalue weighted by Crippen LogP contribution is -1.87. The molecule has 0 fully saturated rings. The van der Waals surface area contributed by atoms with Gasteiger partial charge in [0.05, 0.1) is 0 Å². The lowest BCUT2D eigenvalue weighted by atomic mass is 10.1. The van der Waals surface area contributed by atoms with Gasteiger partial charge in [0.15, 0.2) is 5.01 Å². The Kier molecular flexibility index (Phi) is 2.48. The van der Waals surface area contributed by atoms with Crippen LogP contribution in [0.5, 0.6) is 0 Å². The summed E-state index contributed by atoms with van der Waals surface area (Å²) in [4.78, 5) is 0. The van der Waals surface area contributed by atoms with Crippen LogP contribution in [0, 0.1) is 12.7 Å². The summed E-state index contributed by atoms with van der Waals surface area (Å²) >= 11 is 6.79. The van der Waals surface area contributed by atoms with Gasteiger partial charge in [-0.15, -0.1) is 10.2 Å². The van der Waals surface area contributed by atoms with E-state index in [1.807, 2.05) is 0 Å². The highest BCUT2D eigenvalue weighted by Gasteiger charge is 2.11. The Morgan fingerprint density at radius 1 is 1.36 bits per heavy atom. The topological polar surface area (TPSA) is 25.8 Å². The maximum atomic E-state index is 13.6. The molecule has 1 aromatic carbocycles. The SMILES string of the molecule is Cc1cccc(-c2nnc(Cl)s2)c1F. The van der Waals surface area contributed by atoms with Crippen LogP contribution in [-0.2, 0) is 0 Å². The van der Waals surface area contributed by atoms with Crippen LogP contribution >= 0.6 is 22.9 Å². The van der Waals surface area contributed by atoms with Crippen LogP contribution in [0.15, 0.2) is 18.2 Å². The van der Waals surface area contributed by atoms with Crippen molar-refractivity contribution in [2.24, 2.45) is 0 Å². The van der Waals surface area contributed by atoms with E-state index in [-0.39, 0.29) is 5.82 Å². The predicted octanol–water partition coefficient (Wildman–Crippen LogP) is 3.31. The van der Waals surface area contributed by atoms with Crippen molar-refractivity contribution in [3.63, 3.8) is 0 Å². The van der Waals surface area contributed by atoms with E-state index in [1.165, 1.54) is 11.3 Å². The van der Waals surface area contributed by atoms with Crippen molar-refractivity contribution in [1.82, 2.24) is 10.2 Å². The van der Waals surface area contributed by atoms with Crippen LogP contribution in [0.4, 0.5) is 4.39 Å². The van der Waals surface area contributed by atoms with E-state index in [2.05, 4.69) is 10.2 Å². The molecule has 2 nitrogen and oxygen atoms in total. The summed E-state index contributed by atoms with van der Waals surface area (Å²) in [5.41, 5.74) is 1.04. The Labute approximate surface area is 89.4 Å². The van der Waals surface area contributed by atoms with Gasteiger partial charge in [0.1, 0.15) is 5.82 Å². The molecule has 2 rings (SSSR count). The van der Waals surface area contributed by atoms with Gasteiger partial charge in [-0.2, -0.15) is 0 Å². The minimum atomic E-state index is -0.264. The Morgan fingerprint density at radius 2 is 2.14 bits per heavy atom. The second-order valence-electron chi connectivity index (χ2n) is 2.80. The first-order valence-electron chi connectivity index (χ1n) is 3.93. The molecule has 0 atom stereocenters. The lowest BCUT2D eigenvalue weighted by Gasteiger charge is -2.00. The van der Waals surface area contributed by atoms with Crippen LogP contribution in [0.25, 0.3) is 10.6 Å². The smallest absolute Gasteiger partial charge is 0.206 e. The molecule has 0 N–H and O–H groups in total. The molecule has 14 heavy (non-hydrogen) atoms. The Balaban J connectivity index is 2.57. The molecule has 0 saturated heterocycles. The van der Waals surface area contributed by atoms with Gasteiger partial charge in [0, 0.05) is 5.56 Å². The van der Waals surface area contributed by atoms with Crippen molar-refractivity contribution < 1.29 is 4.39 Å². The molecule has 1 aromatic heterocycles. The van der Waals surface area contributed by atoms with Gasteiger partial charge < -0.3 is 0 Å². The number of halogens is 2. The maximum absolute atomic E-state index is 13.6. The molecule has 0 spiro atoms. The van der Waals surface area contributed by atoms with Crippen LogP contribution < -0.4 is 0 Å². The minimum Gasteiger partial charge on any atom is -0.206 e. The third kappa shape index (κ3) is 1.63. The molecule has 72 valence electrons. The summed E-state index contributed by atoms with van der Waals surface area (Å²) in [6, 6.07) is 5.16. The number of rotatable bonds is 1. The van der Waals surface area contributed by atoms with Gasteiger partial charge in [0.2, 0.25) is 4.47 Å². The quantitative estimate of drug-likeness (QED) is 0.749. The summed E-state index contributed by atoms with van der Waals surface area (Å²) in [6.07, 6.45) is 0. The lowest BCUT2D eigenvalue weighted by molar-refractivity contribution is 0.622. The van der Waals surface area contributed by atoms with Gasteiger partial charge >= 0.3 is 0 Å². The molecule has 0 radical (unpaired) electrons. The fraction of sp³-hybridized carbons (Fsp3) is 0.111. The fourth-order valence-corrected chi connectivity index (χ4v) is 1.97. The molecule has 0 aliphatic carbocycles. The van der Waals surface area contributed by atoms with E-state index >= 15 is 0 Å². The van der Waals surface area contributed by atoms with E-state index in [1.54, 1.807) is 25.1 Å². The Morgan fingerprint density at radius 3 is 2.79 bits per heavy atom. The first-order valence-corrected chi connectivity index (χ1v) is 5.12. The van der Waals surface area contributed by atoms with Gasteiger partial charge in [-0.3, -0.25) is 0 Å². The third-order valence-electron chi connectivity index (χ3n) is 1.82. The number of hydrogen-bond acceptors (Lipinski definition) is 3. The number of benzene rings is 1. The number of hydrogen-bond donors (Lipinski definition) is 0. The molecular weight excluding hydrogens is 223 g/mol. The van der Waals surface area contributed by atoms with Crippen molar-refractivity contribution in [1.29, 1.82) is 0 Å². The number of aromatic nitrogens is 2. The van der Waals surface area contributed by atoms with Crippen molar-refractivity contribution in [3.8, 4) is 10.6 Å². The summed E-state index contributed by atoms with van der Waals surface area (Å²) in [7, 11) is 0. The van der Waals surface area contributed by atoms with Crippen LogP contribution in [0.3, 0.4) is 0 Å². The first kappa shape index (κ1) is 9.55. The van der Waals surface area contributed by atoms with E-state index in [0.717, 1.165) is 0 Å². The molecule has 0 unspecified atom stereocenters. The average Bonchev–Trinajstić information content (AvgIpc) is 2.57. The van der Waals surface area contributed by atoms with Crippen LogP contribution in [0.1, 0.15) is 5.56 Å². The highest BCUT2D eigenvalue weighted by molar-refractivity contribution is 7.18. The van der Waals surface area contributed by atoms with Crippen molar-refractivity contribution in [2.75, 3.05) is 0 Å². The van der Waals surface area contributed by atoms with Gasteiger partial charge in [-0.25, -0.2) is 4.39 Å². The van der Waals surface area contributed by atoms with Crippen LogP contribution in [0.2, 0.25) is 4.47 Å². The Bertz CT molecular complexity index is 470. The van der Waals surface area contributed by atoms with Crippen LogP contribution in [-0.4, -0.2) is 10.2 Å². The molecule has 2 aromatic rings. The van der Waals surface area contributed by atoms with Crippen molar-refractivity contribution >= 4 is 22.9 Å². The zero-order valence-corrected chi connectivity index (χ0v) is 8.86. The first-order chi connectivity index (χ1) is 6.68. The molecule has 0 saturated carbocycles. The highest BCUT2D eigenvalue weighted by atomic mass is 35.5. The zero-order chi connectivity index (χ0) is 10.1. The molecule has 1 heterocycles. The monoisotopic (exact) mass is 228 g/mol. The van der Waals surface area contributed by atoms with E-state index in [0.29, 0.717) is 20.6 Å². The number of nitrogens with zero attached hydrogens (tertiary/aromatic N) is 2. The van der Waals surface area contributed by atoms with Gasteiger partial charge in [0.25, 0.3) is 0 Å². The fourth-order valence-electron chi connectivity index (χ4n) is 1.13. The molecule has 0 aliphatic heterocycles. The summed E-state index contributed by atoms with van der Waals surface area (Å²) in [6.45, 7) is 1.71. The maximum Gasteiger partial charge on any atom is 0.207 e. The molecule has 0 bridgehead atoms. The largest absolute Gasteiger partial charge is 0.207 e. The average molecular weight is 229 g/mol. The summed E-state index contributed by atoms with van der Waals surface area (Å²) < 4.78 is 13.9. The van der Waals surface area contributed by atoms with Crippen molar-refractivity contribution in [3.05, 3.63) is 34.0 Å². The van der Waals surface area contributed by atoms with Crippen molar-refractivity contribution in [2.45, 2.75) is 6.92 Å². The van der Waals surface area contributed by atoms with E-state index < -0.39 is 0 Å². The molecule has 0 amide bonds. The molecule has 0 aliphatic rings. The molecule has 5 heteroatoms. The van der Waals surface area contributed by atoms with Gasteiger partial charge in [-0.1, -0.05) is 23.5 Å².